The molecule has 0 bridgehead atoms. The normalized spacial score (nSPS) is 49.5. The molecule has 6 heteroatoms. The highest BCUT2D eigenvalue weighted by Crippen LogP contribution is 2.69. The molecule has 9 atom stereocenters. The van der Waals surface area contributed by atoms with Gasteiger partial charge in [-0.15, -0.1) is 0 Å². The van der Waals surface area contributed by atoms with E-state index in [1.807, 2.05) is 0 Å². The van der Waals surface area contributed by atoms with Crippen molar-refractivity contribution in [3.05, 3.63) is 0 Å². The summed E-state index contributed by atoms with van der Waals surface area (Å²) in [6.45, 7) is 17.6. The smallest absolute Gasteiger partial charge is 0.192 e. The molecule has 2 N–H and O–H groups in total. The minimum absolute atomic E-state index is 0.0606. The van der Waals surface area contributed by atoms with Crippen LogP contribution in [0.2, 0.25) is 18.1 Å². The summed E-state index contributed by atoms with van der Waals surface area (Å²) in [6, 6.07) is 0. The van der Waals surface area contributed by atoms with E-state index in [0.29, 0.717) is 25.0 Å². The molecule has 1 spiro atoms. The first-order valence-corrected chi connectivity index (χ1v) is 16.5. The van der Waals surface area contributed by atoms with Gasteiger partial charge in [0.15, 0.2) is 14.1 Å². The van der Waals surface area contributed by atoms with Gasteiger partial charge in [0, 0.05) is 17.9 Å². The third kappa shape index (κ3) is 3.41. The zero-order valence-electron chi connectivity index (χ0n) is 22.0. The number of aliphatic hydroxyl groups is 2. The largest absolute Gasteiger partial charge is 0.414 e. The van der Waals surface area contributed by atoms with E-state index < -0.39 is 26.3 Å². The van der Waals surface area contributed by atoms with Gasteiger partial charge in [-0.25, -0.2) is 0 Å². The van der Waals surface area contributed by atoms with Crippen molar-refractivity contribution >= 4 is 8.32 Å². The first kappa shape index (κ1) is 24.7. The summed E-state index contributed by atoms with van der Waals surface area (Å²) in [5.74, 6) is 0.558. The Kier molecular flexibility index (Phi) is 5.81. The van der Waals surface area contributed by atoms with Crippen LogP contribution in [-0.4, -0.2) is 55.8 Å². The number of hydrogen-bond acceptors (Lipinski definition) is 5. The van der Waals surface area contributed by atoms with E-state index in [0.717, 1.165) is 44.9 Å². The van der Waals surface area contributed by atoms with Crippen molar-refractivity contribution in [2.75, 3.05) is 13.2 Å². The fourth-order valence-corrected chi connectivity index (χ4v) is 10.2. The number of hydrogen-bond donors (Lipinski definition) is 2. The first-order valence-electron chi connectivity index (χ1n) is 13.6. The molecule has 3 unspecified atom stereocenters. The summed E-state index contributed by atoms with van der Waals surface area (Å²) in [4.78, 5) is 0. The second kappa shape index (κ2) is 7.76. The maximum absolute atomic E-state index is 11.6. The van der Waals surface area contributed by atoms with E-state index in [-0.39, 0.29) is 33.8 Å². The van der Waals surface area contributed by atoms with Gasteiger partial charge in [0.2, 0.25) is 0 Å². The van der Waals surface area contributed by atoms with E-state index >= 15 is 0 Å². The Labute approximate surface area is 202 Å². The molecule has 4 saturated carbocycles. The lowest BCUT2D eigenvalue weighted by atomic mass is 9.43. The van der Waals surface area contributed by atoms with E-state index in [2.05, 4.69) is 47.7 Å². The quantitative estimate of drug-likeness (QED) is 0.538. The summed E-state index contributed by atoms with van der Waals surface area (Å²) in [5, 5.41) is 23.3. The van der Waals surface area contributed by atoms with Crippen molar-refractivity contribution in [2.45, 2.75) is 122 Å². The van der Waals surface area contributed by atoms with Crippen molar-refractivity contribution in [3.63, 3.8) is 0 Å². The third-order valence-corrected chi connectivity index (χ3v) is 16.3. The Hall–Kier alpha value is 0.0169. The first-order chi connectivity index (χ1) is 15.3. The Balaban J connectivity index is 1.39. The zero-order valence-corrected chi connectivity index (χ0v) is 23.0. The van der Waals surface area contributed by atoms with Crippen molar-refractivity contribution in [1.82, 2.24) is 0 Å². The molecule has 0 aromatic rings. The molecule has 0 radical (unpaired) electrons. The van der Waals surface area contributed by atoms with E-state index in [4.69, 9.17) is 13.9 Å². The topological polar surface area (TPSA) is 68.2 Å². The highest BCUT2D eigenvalue weighted by Gasteiger charge is 2.70. The molecule has 5 rings (SSSR count). The Morgan fingerprint density at radius 2 is 1.48 bits per heavy atom. The average molecular weight is 481 g/mol. The molecule has 0 amide bonds. The monoisotopic (exact) mass is 480 g/mol. The summed E-state index contributed by atoms with van der Waals surface area (Å²) < 4.78 is 19.3. The maximum Gasteiger partial charge on any atom is 0.192 e. The van der Waals surface area contributed by atoms with Crippen LogP contribution in [0.4, 0.5) is 0 Å². The SMILES string of the molecule is CC(C)(C)[Si](C)(C)O[C@H]1CC[C@]2(C)C3CC[C@@]4(C)C(CCC45OCCO5)C3[C@@H](O)[C@H](O)[C@H]2C1. The van der Waals surface area contributed by atoms with Crippen LogP contribution in [0.15, 0.2) is 0 Å². The van der Waals surface area contributed by atoms with Crippen molar-refractivity contribution in [3.8, 4) is 0 Å². The predicted molar refractivity (Wildman–Crippen MR) is 131 cm³/mol. The molecule has 0 aromatic heterocycles. The van der Waals surface area contributed by atoms with Crippen LogP contribution in [-0.2, 0) is 13.9 Å². The van der Waals surface area contributed by atoms with Gasteiger partial charge in [0.1, 0.15) is 0 Å². The van der Waals surface area contributed by atoms with E-state index in [9.17, 15) is 10.2 Å². The molecule has 5 aliphatic rings. The Morgan fingerprint density at radius 3 is 2.12 bits per heavy atom. The molecule has 33 heavy (non-hydrogen) atoms. The molecule has 1 aliphatic heterocycles. The molecule has 1 heterocycles. The molecule has 1 saturated heterocycles. The Morgan fingerprint density at radius 1 is 0.848 bits per heavy atom. The molecular weight excluding hydrogens is 432 g/mol. The highest BCUT2D eigenvalue weighted by molar-refractivity contribution is 6.74. The highest BCUT2D eigenvalue weighted by atomic mass is 28.4. The van der Waals surface area contributed by atoms with E-state index in [1.165, 1.54) is 0 Å². The lowest BCUT2D eigenvalue weighted by Crippen LogP contribution is -2.65. The summed E-state index contributed by atoms with van der Waals surface area (Å²) in [7, 11) is -1.86. The fraction of sp³-hybridized carbons (Fsp3) is 1.00. The van der Waals surface area contributed by atoms with Crippen LogP contribution in [0.25, 0.3) is 0 Å². The van der Waals surface area contributed by atoms with Gasteiger partial charge in [0.25, 0.3) is 0 Å². The van der Waals surface area contributed by atoms with Gasteiger partial charge in [-0.05, 0) is 85.7 Å². The van der Waals surface area contributed by atoms with E-state index in [1.54, 1.807) is 0 Å². The fourth-order valence-electron chi connectivity index (χ4n) is 8.81. The summed E-state index contributed by atoms with van der Waals surface area (Å²) >= 11 is 0. The molecular formula is C27H48O5Si. The van der Waals surface area contributed by atoms with Gasteiger partial charge < -0.3 is 24.1 Å². The molecule has 190 valence electrons. The van der Waals surface area contributed by atoms with Gasteiger partial charge in [0.05, 0.1) is 25.4 Å². The van der Waals surface area contributed by atoms with Crippen LogP contribution in [0.5, 0.6) is 0 Å². The van der Waals surface area contributed by atoms with Crippen molar-refractivity contribution in [1.29, 1.82) is 0 Å². The maximum atomic E-state index is 11.6. The van der Waals surface area contributed by atoms with Gasteiger partial charge in [-0.1, -0.05) is 34.6 Å². The minimum atomic E-state index is -1.86. The van der Waals surface area contributed by atoms with Crippen LogP contribution >= 0.6 is 0 Å². The third-order valence-electron chi connectivity index (χ3n) is 11.8. The summed E-state index contributed by atoms with van der Waals surface area (Å²) in [5.41, 5.74) is -0.0116. The molecule has 4 aliphatic carbocycles. The van der Waals surface area contributed by atoms with Gasteiger partial charge >= 0.3 is 0 Å². The molecule has 5 fully saturated rings. The zero-order chi connectivity index (χ0) is 24.0. The standard InChI is InChI=1S/C27H48O5Si/c1-24(2,3)33(6,7)32-17-8-11-25(4)18-9-12-26(5)19(10-13-27(26)30-14-15-31-27)21(18)23(29)22(28)20(25)16-17/h17-23,28-29H,8-16H2,1-7H3/t17-,18?,19?,20+,21?,22+,23+,25+,26-/m0/s1. The lowest BCUT2D eigenvalue weighted by Gasteiger charge is -2.64. The predicted octanol–water partition coefficient (Wildman–Crippen LogP) is 5.10. The number of aliphatic hydroxyl groups excluding tert-OH is 2. The van der Waals surface area contributed by atoms with Gasteiger partial charge in [-0.3, -0.25) is 0 Å². The Bertz CT molecular complexity index is 758. The minimum Gasteiger partial charge on any atom is -0.414 e. The van der Waals surface area contributed by atoms with Crippen molar-refractivity contribution in [2.24, 2.45) is 34.5 Å². The van der Waals surface area contributed by atoms with Gasteiger partial charge in [-0.2, -0.15) is 0 Å². The molecule has 0 aromatic carbocycles. The van der Waals surface area contributed by atoms with Crippen LogP contribution in [0.3, 0.4) is 0 Å². The van der Waals surface area contributed by atoms with Crippen LogP contribution < -0.4 is 0 Å². The van der Waals surface area contributed by atoms with Crippen molar-refractivity contribution < 1.29 is 24.1 Å². The number of fused-ring (bicyclic) bond motifs is 6. The van der Waals surface area contributed by atoms with Crippen LogP contribution in [0, 0.1) is 34.5 Å². The molecule has 5 nitrogen and oxygen atoms in total. The summed E-state index contributed by atoms with van der Waals surface area (Å²) in [6.07, 6.45) is 6.03. The average Bonchev–Trinajstić information content (AvgIpc) is 3.32. The second-order valence-corrected chi connectivity index (χ2v) is 18.9. The van der Waals surface area contributed by atoms with Crippen LogP contribution in [0.1, 0.15) is 79.6 Å². The lowest BCUT2D eigenvalue weighted by molar-refractivity contribution is -0.269. The number of ether oxygens (including phenoxy) is 2. The number of rotatable bonds is 2. The second-order valence-electron chi connectivity index (χ2n) is 14.1.